The number of aliphatic hydroxyl groups excluding tert-OH is 1. The molecule has 0 bridgehead atoms. The van der Waals surface area contributed by atoms with E-state index in [1.807, 2.05) is 0 Å². The van der Waals surface area contributed by atoms with E-state index in [0.717, 1.165) is 26.2 Å². The number of nitrogens with zero attached hydrogens (tertiary/aromatic N) is 2. The maximum atomic E-state index is 9.99. The molecule has 100 valence electrons. The molecule has 1 saturated carbocycles. The van der Waals surface area contributed by atoms with E-state index < -0.39 is 0 Å². The van der Waals surface area contributed by atoms with Gasteiger partial charge in [-0.05, 0) is 46.3 Å². The van der Waals surface area contributed by atoms with Gasteiger partial charge in [-0.25, -0.2) is 0 Å². The normalized spacial score (nSPS) is 28.6. The minimum Gasteiger partial charge on any atom is -0.390 e. The zero-order chi connectivity index (χ0) is 12.3. The summed E-state index contributed by atoms with van der Waals surface area (Å²) in [5.74, 6) is 0. The predicted octanol–water partition coefficient (Wildman–Crippen LogP) is 0.125. The van der Waals surface area contributed by atoms with Crippen LogP contribution in [0.3, 0.4) is 0 Å². The molecule has 1 heterocycles. The van der Waals surface area contributed by atoms with E-state index in [4.69, 9.17) is 0 Å². The van der Waals surface area contributed by atoms with Crippen molar-refractivity contribution in [2.75, 3.05) is 40.3 Å². The van der Waals surface area contributed by atoms with Gasteiger partial charge in [0.15, 0.2) is 0 Å². The zero-order valence-corrected chi connectivity index (χ0v) is 11.2. The van der Waals surface area contributed by atoms with Crippen LogP contribution in [0.25, 0.3) is 0 Å². The smallest absolute Gasteiger partial charge is 0.0791 e. The molecule has 0 aromatic rings. The van der Waals surface area contributed by atoms with Gasteiger partial charge in [0.1, 0.15) is 0 Å². The van der Waals surface area contributed by atoms with Gasteiger partial charge in [-0.2, -0.15) is 0 Å². The van der Waals surface area contributed by atoms with Gasteiger partial charge in [0.2, 0.25) is 0 Å². The Bertz CT molecular complexity index is 231. The molecule has 1 aliphatic heterocycles. The minimum atomic E-state index is -0.212. The van der Waals surface area contributed by atoms with Crippen LogP contribution in [0.5, 0.6) is 0 Å². The van der Waals surface area contributed by atoms with E-state index in [0.29, 0.717) is 12.1 Å². The Balaban J connectivity index is 1.65. The van der Waals surface area contributed by atoms with Crippen molar-refractivity contribution in [3.63, 3.8) is 0 Å². The number of nitrogens with one attached hydrogen (secondary N) is 1. The number of hydrogen-bond donors (Lipinski definition) is 2. The molecule has 4 heteroatoms. The molecule has 2 N–H and O–H groups in total. The van der Waals surface area contributed by atoms with Gasteiger partial charge in [0, 0.05) is 31.7 Å². The molecule has 0 radical (unpaired) electrons. The van der Waals surface area contributed by atoms with E-state index in [1.165, 1.54) is 25.7 Å². The Kier molecular flexibility index (Phi) is 4.79. The standard InChI is InChI=1S/C13H27N3O/c1-15(2)12-4-3-7-16(9-12)10-13(17)8-14-11-5-6-11/h11-14,17H,3-10H2,1-2H3. The number of piperidine rings is 1. The predicted molar refractivity (Wildman–Crippen MR) is 70.2 cm³/mol. The number of β-amino-alcohol motifs (C(OH)–C–C–N with tert-alkyl or cyclic N) is 1. The molecule has 2 unspecified atom stereocenters. The lowest BCUT2D eigenvalue weighted by Gasteiger charge is -2.37. The van der Waals surface area contributed by atoms with Crippen LogP contribution in [-0.4, -0.2) is 73.4 Å². The third-order valence-electron chi connectivity index (χ3n) is 3.90. The molecule has 2 aliphatic rings. The molecule has 2 rings (SSSR count). The fraction of sp³-hybridized carbons (Fsp3) is 1.00. The quantitative estimate of drug-likeness (QED) is 0.693. The van der Waals surface area contributed by atoms with Gasteiger partial charge >= 0.3 is 0 Å². The summed E-state index contributed by atoms with van der Waals surface area (Å²) in [6.45, 7) is 3.83. The Morgan fingerprint density at radius 3 is 2.76 bits per heavy atom. The van der Waals surface area contributed by atoms with Gasteiger partial charge in [0.25, 0.3) is 0 Å². The summed E-state index contributed by atoms with van der Waals surface area (Å²) in [5.41, 5.74) is 0. The lowest BCUT2D eigenvalue weighted by molar-refractivity contribution is 0.0719. The first-order valence-corrected chi connectivity index (χ1v) is 6.95. The van der Waals surface area contributed by atoms with Crippen LogP contribution in [0.15, 0.2) is 0 Å². The summed E-state index contributed by atoms with van der Waals surface area (Å²) >= 11 is 0. The molecule has 17 heavy (non-hydrogen) atoms. The Morgan fingerprint density at radius 1 is 1.35 bits per heavy atom. The molecule has 1 saturated heterocycles. The van der Waals surface area contributed by atoms with E-state index in [-0.39, 0.29) is 6.10 Å². The van der Waals surface area contributed by atoms with Crippen LogP contribution < -0.4 is 5.32 Å². The second-order valence-electron chi connectivity index (χ2n) is 5.86. The van der Waals surface area contributed by atoms with E-state index in [2.05, 4.69) is 29.2 Å². The van der Waals surface area contributed by atoms with Gasteiger partial charge in [-0.3, -0.25) is 4.90 Å². The van der Waals surface area contributed by atoms with Crippen LogP contribution in [-0.2, 0) is 0 Å². The fourth-order valence-corrected chi connectivity index (χ4v) is 2.57. The largest absolute Gasteiger partial charge is 0.390 e. The summed E-state index contributed by atoms with van der Waals surface area (Å²) in [6, 6.07) is 1.35. The van der Waals surface area contributed by atoms with Gasteiger partial charge in [0.05, 0.1) is 6.10 Å². The summed E-state index contributed by atoms with van der Waals surface area (Å²) in [4.78, 5) is 4.72. The van der Waals surface area contributed by atoms with Crippen LogP contribution in [0, 0.1) is 0 Å². The van der Waals surface area contributed by atoms with Crippen molar-refractivity contribution < 1.29 is 5.11 Å². The minimum absolute atomic E-state index is 0.212. The monoisotopic (exact) mass is 241 g/mol. The van der Waals surface area contributed by atoms with Crippen molar-refractivity contribution >= 4 is 0 Å². The van der Waals surface area contributed by atoms with Crippen molar-refractivity contribution in [3.05, 3.63) is 0 Å². The molecular weight excluding hydrogens is 214 g/mol. The van der Waals surface area contributed by atoms with Crippen LogP contribution in [0.4, 0.5) is 0 Å². The van der Waals surface area contributed by atoms with Gasteiger partial charge < -0.3 is 15.3 Å². The van der Waals surface area contributed by atoms with E-state index in [1.54, 1.807) is 0 Å². The molecule has 0 aromatic carbocycles. The molecule has 0 spiro atoms. The number of rotatable bonds is 6. The third-order valence-corrected chi connectivity index (χ3v) is 3.90. The van der Waals surface area contributed by atoms with Crippen molar-refractivity contribution in [1.82, 2.24) is 15.1 Å². The van der Waals surface area contributed by atoms with E-state index in [9.17, 15) is 5.11 Å². The second-order valence-corrected chi connectivity index (χ2v) is 5.86. The second kappa shape index (κ2) is 6.14. The Morgan fingerprint density at radius 2 is 2.12 bits per heavy atom. The maximum Gasteiger partial charge on any atom is 0.0791 e. The molecule has 4 nitrogen and oxygen atoms in total. The van der Waals surface area contributed by atoms with Crippen LogP contribution >= 0.6 is 0 Å². The first-order chi connectivity index (χ1) is 8.15. The van der Waals surface area contributed by atoms with Crippen LogP contribution in [0.2, 0.25) is 0 Å². The molecule has 2 atom stereocenters. The van der Waals surface area contributed by atoms with E-state index >= 15 is 0 Å². The SMILES string of the molecule is CN(C)C1CCCN(CC(O)CNC2CC2)C1. The first kappa shape index (κ1) is 13.3. The molecule has 1 aliphatic carbocycles. The first-order valence-electron chi connectivity index (χ1n) is 6.95. The highest BCUT2D eigenvalue weighted by molar-refractivity contribution is 4.83. The Labute approximate surface area is 105 Å². The number of aliphatic hydroxyl groups is 1. The van der Waals surface area contributed by atoms with Gasteiger partial charge in [-0.1, -0.05) is 0 Å². The summed E-state index contributed by atoms with van der Waals surface area (Å²) < 4.78 is 0. The topological polar surface area (TPSA) is 38.7 Å². The van der Waals surface area contributed by atoms with Crippen molar-refractivity contribution in [1.29, 1.82) is 0 Å². The molecular formula is C13H27N3O. The summed E-state index contributed by atoms with van der Waals surface area (Å²) in [7, 11) is 4.30. The number of likely N-dealkylation sites (tertiary alicyclic amines) is 1. The highest BCUT2D eigenvalue weighted by Gasteiger charge is 2.24. The highest BCUT2D eigenvalue weighted by atomic mass is 16.3. The van der Waals surface area contributed by atoms with Crippen molar-refractivity contribution in [3.8, 4) is 0 Å². The average molecular weight is 241 g/mol. The van der Waals surface area contributed by atoms with Gasteiger partial charge in [-0.15, -0.1) is 0 Å². The molecule has 0 aromatic heterocycles. The lowest BCUT2D eigenvalue weighted by atomic mass is 10.0. The van der Waals surface area contributed by atoms with Crippen LogP contribution in [0.1, 0.15) is 25.7 Å². The summed E-state index contributed by atoms with van der Waals surface area (Å²) in [6.07, 6.45) is 4.92. The van der Waals surface area contributed by atoms with Crippen molar-refractivity contribution in [2.24, 2.45) is 0 Å². The fourth-order valence-electron chi connectivity index (χ4n) is 2.57. The third kappa shape index (κ3) is 4.54. The Hall–Kier alpha value is -0.160. The lowest BCUT2D eigenvalue weighted by Crippen LogP contribution is -2.48. The number of hydrogen-bond acceptors (Lipinski definition) is 4. The molecule has 0 amide bonds. The molecule has 2 fully saturated rings. The maximum absolute atomic E-state index is 9.99. The van der Waals surface area contributed by atoms with Crippen molar-refractivity contribution in [2.45, 2.75) is 43.9 Å². The number of likely N-dealkylation sites (N-methyl/N-ethyl adjacent to an activating group) is 1. The zero-order valence-electron chi connectivity index (χ0n) is 11.2. The summed E-state index contributed by atoms with van der Waals surface area (Å²) in [5, 5.41) is 13.4. The average Bonchev–Trinajstić information content (AvgIpc) is 3.10. The highest BCUT2D eigenvalue weighted by Crippen LogP contribution is 2.18.